The van der Waals surface area contributed by atoms with E-state index in [1.54, 1.807) is 11.2 Å². The summed E-state index contributed by atoms with van der Waals surface area (Å²) in [6.07, 6.45) is 2.86. The van der Waals surface area contributed by atoms with E-state index in [1.165, 1.54) is 40.9 Å². The minimum absolute atomic E-state index is 0.0681. The van der Waals surface area contributed by atoms with Gasteiger partial charge in [0.1, 0.15) is 19.0 Å². The summed E-state index contributed by atoms with van der Waals surface area (Å²) in [4.78, 5) is 40.8. The molecule has 0 unspecified atom stereocenters. The number of aliphatic hydroxyl groups excluding tert-OH is 1. The maximum absolute atomic E-state index is 13.3. The molecule has 4 atom stereocenters. The number of carbonyl (C=O) groups is 2. The zero-order chi connectivity index (χ0) is 25.7. The molecule has 1 N–H and O–H groups in total. The summed E-state index contributed by atoms with van der Waals surface area (Å²) in [5.41, 5.74) is 1.34. The molecule has 0 aliphatic carbocycles. The number of benzene rings is 1. The summed E-state index contributed by atoms with van der Waals surface area (Å²) >= 11 is 2.49. The molecular weight excluding hydrogens is 511 g/mol. The van der Waals surface area contributed by atoms with Gasteiger partial charge in [-0.25, -0.2) is 9.18 Å². The normalized spacial score (nSPS) is 25.4. The molecule has 0 aromatic heterocycles. The Labute approximate surface area is 214 Å². The molecule has 0 radical (unpaired) electrons. The lowest BCUT2D eigenvalue weighted by molar-refractivity contribution is -0.384. The molecule has 4 heterocycles. The number of nitro benzene ring substituents is 1. The Morgan fingerprint density at radius 2 is 2.08 bits per heavy atom. The van der Waals surface area contributed by atoms with E-state index < -0.39 is 28.9 Å². The van der Waals surface area contributed by atoms with Crippen LogP contribution in [0.1, 0.15) is 19.4 Å². The number of carbonyl (C=O) groups excluding carboxylic acids is 2. The van der Waals surface area contributed by atoms with Crippen molar-refractivity contribution in [1.29, 1.82) is 0 Å². The van der Waals surface area contributed by atoms with Crippen molar-refractivity contribution in [3.05, 3.63) is 73.5 Å². The lowest BCUT2D eigenvalue weighted by atomic mass is 9.77. The monoisotopic (exact) mass is 534 g/mol. The van der Waals surface area contributed by atoms with Gasteiger partial charge < -0.3 is 19.6 Å². The molecular formula is C23H23FN4O6S2. The number of allylic oxidation sites excluding steroid dienone is 1. The van der Waals surface area contributed by atoms with Crippen LogP contribution in [0, 0.1) is 22.0 Å². The van der Waals surface area contributed by atoms with Gasteiger partial charge in [-0.3, -0.25) is 19.2 Å². The Bertz CT molecular complexity index is 1220. The smallest absolute Gasteiger partial charge is 0.355 e. The molecule has 36 heavy (non-hydrogen) atoms. The lowest BCUT2D eigenvalue weighted by Gasteiger charge is -2.46. The van der Waals surface area contributed by atoms with Crippen molar-refractivity contribution in [1.82, 2.24) is 14.1 Å². The minimum Gasteiger partial charge on any atom is -0.456 e. The number of thioether (sulfide) groups is 1. The van der Waals surface area contributed by atoms with Crippen LogP contribution in [-0.4, -0.2) is 60.8 Å². The van der Waals surface area contributed by atoms with Crippen molar-refractivity contribution in [3.8, 4) is 0 Å². The van der Waals surface area contributed by atoms with Crippen LogP contribution >= 0.6 is 23.7 Å². The summed E-state index contributed by atoms with van der Waals surface area (Å²) in [7, 11) is 0. The van der Waals surface area contributed by atoms with Gasteiger partial charge in [-0.1, -0.05) is 18.7 Å². The Kier molecular flexibility index (Phi) is 6.47. The van der Waals surface area contributed by atoms with Gasteiger partial charge in [0.2, 0.25) is 5.91 Å². The second kappa shape index (κ2) is 9.45. The number of alkyl halides is 1. The highest BCUT2D eigenvalue weighted by Crippen LogP contribution is 2.54. The first-order valence-corrected chi connectivity index (χ1v) is 13.0. The molecule has 0 saturated carbocycles. The van der Waals surface area contributed by atoms with Crippen LogP contribution in [0.15, 0.2) is 57.9 Å². The third kappa shape index (κ3) is 4.04. The second-order valence-corrected chi connectivity index (χ2v) is 10.9. The standard InChI is InChI=1S/C23H23FN4O6S2/c1-12-18(16-7-25-11-26(35-10-24)8-17(25)36-16)21(27-20(12)19(13(2)29)22(27)30)23(31)34-9-14-3-5-15(6-4-14)28(32)33/h3-8,12-13,19-20,29H,9-11H2,1-2H3/t12-,13+,19+,20+/m0/s1. The van der Waals surface area contributed by atoms with Crippen molar-refractivity contribution in [2.45, 2.75) is 32.6 Å². The molecule has 4 aliphatic rings. The van der Waals surface area contributed by atoms with E-state index in [1.807, 2.05) is 24.2 Å². The van der Waals surface area contributed by atoms with Gasteiger partial charge in [-0.15, -0.1) is 0 Å². The third-order valence-electron chi connectivity index (χ3n) is 6.68. The molecule has 1 aromatic carbocycles. The van der Waals surface area contributed by atoms with Gasteiger partial charge in [-0.2, -0.15) is 0 Å². The predicted molar refractivity (Wildman–Crippen MR) is 131 cm³/mol. The molecule has 190 valence electrons. The number of rotatable bonds is 8. The van der Waals surface area contributed by atoms with Gasteiger partial charge in [0, 0.05) is 40.9 Å². The van der Waals surface area contributed by atoms with E-state index in [2.05, 4.69) is 0 Å². The van der Waals surface area contributed by atoms with Crippen LogP contribution in [0.2, 0.25) is 0 Å². The molecule has 1 aromatic rings. The lowest BCUT2D eigenvalue weighted by Crippen LogP contribution is -2.63. The van der Waals surface area contributed by atoms with Gasteiger partial charge in [0.05, 0.1) is 28.0 Å². The zero-order valence-corrected chi connectivity index (χ0v) is 21.0. The van der Waals surface area contributed by atoms with E-state index in [-0.39, 0.29) is 35.9 Å². The number of halogens is 1. The molecule has 1 saturated heterocycles. The number of ether oxygens (including phenoxy) is 1. The number of aliphatic hydroxyl groups is 1. The summed E-state index contributed by atoms with van der Waals surface area (Å²) in [5.74, 6) is -1.84. The molecule has 4 aliphatic heterocycles. The highest BCUT2D eigenvalue weighted by molar-refractivity contribution is 8.07. The highest BCUT2D eigenvalue weighted by Gasteiger charge is 2.60. The van der Waals surface area contributed by atoms with E-state index in [9.17, 15) is 29.2 Å². The summed E-state index contributed by atoms with van der Waals surface area (Å²) in [5, 5.41) is 22.0. The SMILES string of the molecule is C[C@@H](O)[C@H]1C(=O)N2C(C(=O)OCc3ccc([N+](=O)[O-])cc3)=C(C3=CN4CN(SCF)C=C4S3)[C@H](C)[C@H]12. The first-order chi connectivity index (χ1) is 17.2. The van der Waals surface area contributed by atoms with Crippen LogP contribution in [0.4, 0.5) is 10.1 Å². The van der Waals surface area contributed by atoms with Gasteiger partial charge in [0.15, 0.2) is 6.01 Å². The first-order valence-electron chi connectivity index (χ1n) is 11.2. The predicted octanol–water partition coefficient (Wildman–Crippen LogP) is 3.29. The van der Waals surface area contributed by atoms with Crippen LogP contribution in [0.5, 0.6) is 0 Å². The van der Waals surface area contributed by atoms with Gasteiger partial charge in [-0.05, 0) is 36.6 Å². The van der Waals surface area contributed by atoms with Gasteiger partial charge in [0.25, 0.3) is 5.69 Å². The van der Waals surface area contributed by atoms with Crippen molar-refractivity contribution in [3.63, 3.8) is 0 Å². The first kappa shape index (κ1) is 24.7. The van der Waals surface area contributed by atoms with Gasteiger partial charge >= 0.3 is 5.97 Å². The Morgan fingerprint density at radius 3 is 2.69 bits per heavy atom. The molecule has 0 bridgehead atoms. The van der Waals surface area contributed by atoms with Crippen molar-refractivity contribution >= 4 is 41.3 Å². The fraction of sp³-hybridized carbons (Fsp3) is 0.391. The number of amides is 1. The van der Waals surface area contributed by atoms with Crippen LogP contribution in [0.25, 0.3) is 0 Å². The molecule has 5 rings (SSSR count). The Morgan fingerprint density at radius 1 is 1.36 bits per heavy atom. The number of non-ortho nitro benzene ring substituents is 1. The number of esters is 1. The van der Waals surface area contributed by atoms with Crippen molar-refractivity contribution in [2.24, 2.45) is 11.8 Å². The second-order valence-electron chi connectivity index (χ2n) is 8.85. The average Bonchev–Trinajstić information content (AvgIpc) is 3.46. The molecule has 1 amide bonds. The maximum Gasteiger partial charge on any atom is 0.355 e. The number of fused-ring (bicyclic) bond motifs is 2. The number of β-lactam (4-membered cyclic amide) rings is 1. The van der Waals surface area contributed by atoms with Crippen molar-refractivity contribution in [2.75, 3.05) is 12.7 Å². The average molecular weight is 535 g/mol. The quantitative estimate of drug-likeness (QED) is 0.175. The zero-order valence-electron chi connectivity index (χ0n) is 19.4. The molecule has 0 spiro atoms. The molecule has 1 fully saturated rings. The third-order valence-corrected chi connectivity index (χ3v) is 8.42. The molecule has 10 nitrogen and oxygen atoms in total. The van der Waals surface area contributed by atoms with E-state index in [0.717, 1.165) is 21.9 Å². The topological polar surface area (TPSA) is 116 Å². The maximum atomic E-state index is 13.3. The fourth-order valence-corrected chi connectivity index (χ4v) is 6.79. The summed E-state index contributed by atoms with van der Waals surface area (Å²) < 4.78 is 20.1. The van der Waals surface area contributed by atoms with E-state index in [0.29, 0.717) is 17.8 Å². The largest absolute Gasteiger partial charge is 0.456 e. The Balaban J connectivity index is 1.41. The summed E-state index contributed by atoms with van der Waals surface area (Å²) in [6, 6.07) is 4.79. The molecule has 13 heteroatoms. The number of nitrogens with zero attached hydrogens (tertiary/aromatic N) is 4. The fourth-order valence-electron chi connectivity index (χ4n) is 5.01. The van der Waals surface area contributed by atoms with E-state index in [4.69, 9.17) is 4.74 Å². The highest BCUT2D eigenvalue weighted by atomic mass is 32.2. The summed E-state index contributed by atoms with van der Waals surface area (Å²) in [6.45, 7) is 3.84. The van der Waals surface area contributed by atoms with Crippen LogP contribution < -0.4 is 0 Å². The minimum atomic E-state index is -0.861. The van der Waals surface area contributed by atoms with Crippen LogP contribution in [-0.2, 0) is 20.9 Å². The van der Waals surface area contributed by atoms with Crippen LogP contribution in [0.3, 0.4) is 0 Å². The van der Waals surface area contributed by atoms with Crippen molar-refractivity contribution < 1.29 is 28.7 Å². The Hall–Kier alpha value is -3.03. The number of hydrogen-bond acceptors (Lipinski definition) is 10. The number of hydrogen-bond donors (Lipinski definition) is 1. The number of nitro groups is 1. The van der Waals surface area contributed by atoms with E-state index >= 15 is 0 Å².